The number of aromatic carboxylic acids is 1. The maximum absolute atomic E-state index is 12.7. The summed E-state index contributed by atoms with van der Waals surface area (Å²) < 4.78 is 26.7. The van der Waals surface area contributed by atoms with Gasteiger partial charge in [-0.25, -0.2) is 18.0 Å². The minimum Gasteiger partial charge on any atom is -0.477 e. The molecule has 136 valence electrons. The Morgan fingerprint density at radius 2 is 2.00 bits per heavy atom. The van der Waals surface area contributed by atoms with Crippen LogP contribution in [0.4, 0.5) is 0 Å². The summed E-state index contributed by atoms with van der Waals surface area (Å²) in [4.78, 5) is 35.6. The van der Waals surface area contributed by atoms with E-state index in [2.05, 4.69) is 15.9 Å². The quantitative estimate of drug-likeness (QED) is 0.632. The minimum absolute atomic E-state index is 0.152. The molecule has 1 N–H and O–H groups in total. The number of aromatic nitrogens is 2. The summed E-state index contributed by atoms with van der Waals surface area (Å²) in [5, 5.41) is 9.13. The molecular formula is C15H11BrN2O6S2. The van der Waals surface area contributed by atoms with E-state index in [0.29, 0.717) is 16.9 Å². The zero-order chi connectivity index (χ0) is 19.2. The highest BCUT2D eigenvalue weighted by Crippen LogP contribution is 2.22. The van der Waals surface area contributed by atoms with Crippen LogP contribution in [0.5, 0.6) is 0 Å². The van der Waals surface area contributed by atoms with Gasteiger partial charge in [-0.3, -0.25) is 13.8 Å². The van der Waals surface area contributed by atoms with E-state index in [0.717, 1.165) is 25.9 Å². The van der Waals surface area contributed by atoms with Gasteiger partial charge in [0.25, 0.3) is 5.56 Å². The Hall–Kier alpha value is -2.24. The van der Waals surface area contributed by atoms with Gasteiger partial charge in [-0.2, -0.15) is 0 Å². The highest BCUT2D eigenvalue weighted by atomic mass is 79.9. The Balaban J connectivity index is 2.39. The SMILES string of the molecule is CS(=O)(=O)c1c(=O)n(Cc2cccc(Br)c2)c(=O)n2cc(C(=O)O)sc12. The number of thiazole rings is 1. The van der Waals surface area contributed by atoms with Gasteiger partial charge in [0.15, 0.2) is 14.7 Å². The molecule has 2 heterocycles. The van der Waals surface area contributed by atoms with E-state index < -0.39 is 32.0 Å². The molecule has 2 aromatic heterocycles. The highest BCUT2D eigenvalue weighted by Gasteiger charge is 2.25. The number of fused-ring (bicyclic) bond motifs is 1. The van der Waals surface area contributed by atoms with Gasteiger partial charge in [-0.15, -0.1) is 11.3 Å². The molecule has 0 radical (unpaired) electrons. The maximum Gasteiger partial charge on any atom is 0.347 e. The van der Waals surface area contributed by atoms with E-state index in [1.165, 1.54) is 0 Å². The molecule has 3 aromatic rings. The molecule has 0 saturated carbocycles. The first-order chi connectivity index (χ1) is 12.1. The van der Waals surface area contributed by atoms with Crippen molar-refractivity contribution in [2.45, 2.75) is 11.4 Å². The molecule has 1 aromatic carbocycles. The first-order valence-electron chi connectivity index (χ1n) is 7.06. The van der Waals surface area contributed by atoms with Gasteiger partial charge in [0.2, 0.25) is 0 Å². The van der Waals surface area contributed by atoms with Crippen molar-refractivity contribution in [2.75, 3.05) is 6.26 Å². The van der Waals surface area contributed by atoms with Crippen molar-refractivity contribution in [3.05, 3.63) is 66.2 Å². The molecule has 0 aliphatic rings. The van der Waals surface area contributed by atoms with Gasteiger partial charge >= 0.3 is 11.7 Å². The summed E-state index contributed by atoms with van der Waals surface area (Å²) in [6.07, 6.45) is 1.87. The smallest absolute Gasteiger partial charge is 0.347 e. The lowest BCUT2D eigenvalue weighted by atomic mass is 10.2. The third-order valence-electron chi connectivity index (χ3n) is 3.55. The first-order valence-corrected chi connectivity index (χ1v) is 10.6. The number of carbonyl (C=O) groups is 1. The van der Waals surface area contributed by atoms with Crippen molar-refractivity contribution in [2.24, 2.45) is 0 Å². The summed E-state index contributed by atoms with van der Waals surface area (Å²) in [7, 11) is -4.00. The highest BCUT2D eigenvalue weighted by molar-refractivity contribution is 9.10. The van der Waals surface area contributed by atoms with Crippen LogP contribution in [0.1, 0.15) is 15.2 Å². The van der Waals surface area contributed by atoms with Crippen LogP contribution in [-0.2, 0) is 16.4 Å². The second kappa shape index (κ2) is 6.49. The number of carboxylic acid groups (broad SMARTS) is 1. The van der Waals surface area contributed by atoms with Crippen molar-refractivity contribution in [1.82, 2.24) is 8.97 Å². The number of rotatable bonds is 4. The molecule has 0 saturated heterocycles. The summed E-state index contributed by atoms with van der Waals surface area (Å²) >= 11 is 3.86. The number of hydrogen-bond acceptors (Lipinski definition) is 6. The van der Waals surface area contributed by atoms with Crippen molar-refractivity contribution >= 4 is 47.9 Å². The van der Waals surface area contributed by atoms with Crippen molar-refractivity contribution < 1.29 is 18.3 Å². The fourth-order valence-electron chi connectivity index (χ4n) is 2.46. The summed E-state index contributed by atoms with van der Waals surface area (Å²) in [5.74, 6) is -1.32. The van der Waals surface area contributed by atoms with E-state index in [1.54, 1.807) is 24.3 Å². The van der Waals surface area contributed by atoms with Crippen LogP contribution in [0.3, 0.4) is 0 Å². The number of carboxylic acids is 1. The molecule has 0 spiro atoms. The lowest BCUT2D eigenvalue weighted by Gasteiger charge is -2.09. The van der Waals surface area contributed by atoms with Crippen molar-refractivity contribution in [1.29, 1.82) is 0 Å². The number of halogens is 1. The number of sulfone groups is 1. The Labute approximate surface area is 159 Å². The Morgan fingerprint density at radius 1 is 1.31 bits per heavy atom. The zero-order valence-corrected chi connectivity index (χ0v) is 16.4. The largest absolute Gasteiger partial charge is 0.477 e. The van der Waals surface area contributed by atoms with Gasteiger partial charge < -0.3 is 5.11 Å². The predicted molar refractivity (Wildman–Crippen MR) is 99.1 cm³/mol. The van der Waals surface area contributed by atoms with Gasteiger partial charge in [-0.1, -0.05) is 28.1 Å². The van der Waals surface area contributed by atoms with E-state index in [9.17, 15) is 22.8 Å². The number of hydrogen-bond donors (Lipinski definition) is 1. The fourth-order valence-corrected chi connectivity index (χ4v) is 5.19. The molecule has 8 nitrogen and oxygen atoms in total. The topological polar surface area (TPSA) is 115 Å². The first kappa shape index (κ1) is 18.5. The molecule has 0 aliphatic heterocycles. The van der Waals surface area contributed by atoms with Crippen molar-refractivity contribution in [3.8, 4) is 0 Å². The molecular weight excluding hydrogens is 448 g/mol. The van der Waals surface area contributed by atoms with Crippen LogP contribution in [0.2, 0.25) is 0 Å². The predicted octanol–water partition coefficient (Wildman–Crippen LogP) is 1.44. The van der Waals surface area contributed by atoms with Crippen LogP contribution in [0, 0.1) is 0 Å². The molecule has 0 unspecified atom stereocenters. The molecule has 0 atom stereocenters. The lowest BCUT2D eigenvalue weighted by Crippen LogP contribution is -2.40. The van der Waals surface area contributed by atoms with E-state index in [1.807, 2.05) is 0 Å². The monoisotopic (exact) mass is 458 g/mol. The fraction of sp³-hybridized carbons (Fsp3) is 0.133. The zero-order valence-electron chi connectivity index (χ0n) is 13.2. The molecule has 0 fully saturated rings. The third kappa shape index (κ3) is 3.24. The molecule has 26 heavy (non-hydrogen) atoms. The van der Waals surface area contributed by atoms with Crippen LogP contribution >= 0.6 is 27.3 Å². The molecule has 3 rings (SSSR count). The molecule has 0 aliphatic carbocycles. The van der Waals surface area contributed by atoms with E-state index in [4.69, 9.17) is 5.11 Å². The lowest BCUT2D eigenvalue weighted by molar-refractivity contribution is 0.0701. The average Bonchev–Trinajstić information content (AvgIpc) is 2.95. The normalized spacial score (nSPS) is 11.8. The van der Waals surface area contributed by atoms with Crippen LogP contribution in [0.15, 0.2) is 49.4 Å². The molecule has 0 bridgehead atoms. The Morgan fingerprint density at radius 3 is 2.58 bits per heavy atom. The van der Waals surface area contributed by atoms with E-state index >= 15 is 0 Å². The summed E-state index contributed by atoms with van der Waals surface area (Å²) in [5.41, 5.74) is -1.18. The summed E-state index contributed by atoms with van der Waals surface area (Å²) in [6.45, 7) is -0.152. The van der Waals surface area contributed by atoms with Gasteiger partial charge in [-0.05, 0) is 17.7 Å². The second-order valence-electron chi connectivity index (χ2n) is 5.48. The Bertz CT molecular complexity index is 1270. The van der Waals surface area contributed by atoms with Crippen LogP contribution in [-0.4, -0.2) is 34.7 Å². The number of nitrogens with zero attached hydrogens (tertiary/aromatic N) is 2. The van der Waals surface area contributed by atoms with Gasteiger partial charge in [0.1, 0.15) is 9.71 Å². The van der Waals surface area contributed by atoms with E-state index in [-0.39, 0.29) is 16.3 Å². The standard InChI is InChI=1S/C15H11BrN2O6S2/c1-26(23,24)11-12(19)17(6-8-3-2-4-9(16)5-8)15(22)18-7-10(14(20)21)25-13(11)18/h2-5,7H,6H2,1H3,(H,20,21). The van der Waals surface area contributed by atoms with Gasteiger partial charge in [0, 0.05) is 16.9 Å². The number of benzene rings is 1. The molecule has 11 heteroatoms. The van der Waals surface area contributed by atoms with Crippen molar-refractivity contribution in [3.63, 3.8) is 0 Å². The Kier molecular flexibility index (Phi) is 4.63. The molecule has 0 amide bonds. The average molecular weight is 459 g/mol. The minimum atomic E-state index is -4.00. The van der Waals surface area contributed by atoms with Crippen LogP contribution < -0.4 is 11.2 Å². The summed E-state index contributed by atoms with van der Waals surface area (Å²) in [6, 6.07) is 6.85. The third-order valence-corrected chi connectivity index (χ3v) is 6.38. The van der Waals surface area contributed by atoms with Crippen LogP contribution in [0.25, 0.3) is 4.83 Å². The second-order valence-corrected chi connectivity index (χ2v) is 9.38. The maximum atomic E-state index is 12.7. The van der Waals surface area contributed by atoms with Gasteiger partial charge in [0.05, 0.1) is 6.54 Å².